The van der Waals surface area contributed by atoms with E-state index in [-0.39, 0.29) is 12.1 Å². The molecule has 0 radical (unpaired) electrons. The van der Waals surface area contributed by atoms with Crippen molar-refractivity contribution in [2.45, 2.75) is 37.6 Å². The molecule has 3 rings (SSSR count). The molecule has 2 atom stereocenters. The Morgan fingerprint density at radius 3 is 2.62 bits per heavy atom. The van der Waals surface area contributed by atoms with Crippen LogP contribution in [0.1, 0.15) is 43.1 Å². The van der Waals surface area contributed by atoms with Crippen molar-refractivity contribution in [2.24, 2.45) is 0 Å². The van der Waals surface area contributed by atoms with E-state index in [1.165, 1.54) is 5.56 Å². The van der Waals surface area contributed by atoms with Gasteiger partial charge in [0.2, 0.25) is 0 Å². The summed E-state index contributed by atoms with van der Waals surface area (Å²) >= 11 is 0. The van der Waals surface area contributed by atoms with Gasteiger partial charge in [0, 0.05) is 19.0 Å². The maximum absolute atomic E-state index is 12.5. The molecular weight excluding hydrogens is 276 g/mol. The van der Waals surface area contributed by atoms with Gasteiger partial charge < -0.3 is 9.32 Å². The van der Waals surface area contributed by atoms with Gasteiger partial charge in [-0.25, -0.2) is 0 Å². The highest BCUT2D eigenvalue weighted by Crippen LogP contribution is 2.38. The van der Waals surface area contributed by atoms with Crippen molar-refractivity contribution >= 4 is 6.01 Å². The first-order valence-electron chi connectivity index (χ1n) is 7.06. The summed E-state index contributed by atoms with van der Waals surface area (Å²) in [5.41, 5.74) is 1.26. The molecule has 0 bridgehead atoms. The Morgan fingerprint density at radius 1 is 1.19 bits per heavy atom. The third-order valence-corrected chi connectivity index (χ3v) is 4.12. The minimum atomic E-state index is -2.73. The molecule has 2 unspecified atom stereocenters. The summed E-state index contributed by atoms with van der Waals surface area (Å²) in [6.07, 6.45) is 0.440. The Balaban J connectivity index is 1.81. The van der Waals surface area contributed by atoms with Crippen molar-refractivity contribution in [3.8, 4) is 0 Å². The van der Waals surface area contributed by atoms with Crippen LogP contribution in [-0.2, 0) is 0 Å². The fourth-order valence-electron chi connectivity index (χ4n) is 3.09. The van der Waals surface area contributed by atoms with E-state index in [9.17, 15) is 8.78 Å². The number of hydrogen-bond donors (Lipinski definition) is 0. The lowest BCUT2D eigenvalue weighted by Crippen LogP contribution is -2.33. The van der Waals surface area contributed by atoms with Crippen LogP contribution >= 0.6 is 0 Å². The van der Waals surface area contributed by atoms with Crippen molar-refractivity contribution in [1.82, 2.24) is 10.2 Å². The van der Waals surface area contributed by atoms with E-state index in [0.717, 1.165) is 19.3 Å². The maximum Gasteiger partial charge on any atom is 0.318 e. The number of halogens is 2. The summed E-state index contributed by atoms with van der Waals surface area (Å²) in [4.78, 5) is 1.84. The van der Waals surface area contributed by atoms with E-state index >= 15 is 0 Å². The predicted molar refractivity (Wildman–Crippen MR) is 74.5 cm³/mol. The molecule has 1 aliphatic carbocycles. The molecule has 0 spiro atoms. The summed E-state index contributed by atoms with van der Waals surface area (Å²) in [5, 5.41) is 7.14. The van der Waals surface area contributed by atoms with Gasteiger partial charge in [-0.2, -0.15) is 8.78 Å². The molecule has 1 heterocycles. The molecule has 1 fully saturated rings. The largest absolute Gasteiger partial charge is 0.402 e. The quantitative estimate of drug-likeness (QED) is 0.860. The molecule has 4 nitrogen and oxygen atoms in total. The lowest BCUT2D eigenvalue weighted by molar-refractivity contribution is 0.115. The molecule has 1 saturated carbocycles. The van der Waals surface area contributed by atoms with Gasteiger partial charge in [0.25, 0.3) is 5.89 Å². The van der Waals surface area contributed by atoms with E-state index in [1.807, 2.05) is 30.1 Å². The first kappa shape index (κ1) is 14.0. The van der Waals surface area contributed by atoms with Crippen LogP contribution in [0, 0.1) is 0 Å². The van der Waals surface area contributed by atoms with E-state index in [1.54, 1.807) is 0 Å². The average molecular weight is 293 g/mol. The Morgan fingerprint density at radius 2 is 1.95 bits per heavy atom. The van der Waals surface area contributed by atoms with Crippen molar-refractivity contribution in [2.75, 3.05) is 11.9 Å². The molecule has 1 aromatic carbocycles. The van der Waals surface area contributed by atoms with Crippen LogP contribution in [0.5, 0.6) is 0 Å². The Kier molecular flexibility index (Phi) is 3.86. The van der Waals surface area contributed by atoms with E-state index < -0.39 is 12.3 Å². The van der Waals surface area contributed by atoms with Crippen LogP contribution in [0.2, 0.25) is 0 Å². The fourth-order valence-corrected chi connectivity index (χ4v) is 3.09. The van der Waals surface area contributed by atoms with Crippen LogP contribution in [-0.4, -0.2) is 23.3 Å². The third-order valence-electron chi connectivity index (χ3n) is 4.12. The second kappa shape index (κ2) is 5.79. The van der Waals surface area contributed by atoms with Gasteiger partial charge in [-0.1, -0.05) is 41.9 Å². The van der Waals surface area contributed by atoms with Gasteiger partial charge in [0.05, 0.1) is 0 Å². The minimum absolute atomic E-state index is 0.165. The summed E-state index contributed by atoms with van der Waals surface area (Å²) < 4.78 is 30.2. The lowest BCUT2D eigenvalue weighted by atomic mass is 9.93. The standard InChI is InChI=1S/C15H17F2N3O/c1-20(15-19-18-14(21-15)13(16)17)12-9-5-8-11(12)10-6-3-2-4-7-10/h2-4,6-7,11-13H,5,8-9H2,1H3. The van der Waals surface area contributed by atoms with Gasteiger partial charge in [0.15, 0.2) is 0 Å². The summed E-state index contributed by atoms with van der Waals surface area (Å²) in [7, 11) is 1.83. The number of alkyl halides is 2. The number of likely N-dealkylation sites (N-methyl/N-ethyl adjacent to an activating group) is 1. The molecule has 0 amide bonds. The van der Waals surface area contributed by atoms with Crippen LogP contribution in [0.15, 0.2) is 34.7 Å². The van der Waals surface area contributed by atoms with Gasteiger partial charge in [-0.05, 0) is 18.4 Å². The number of aromatic nitrogens is 2. The normalized spacial score (nSPS) is 21.9. The van der Waals surface area contributed by atoms with E-state index in [0.29, 0.717) is 5.92 Å². The molecule has 21 heavy (non-hydrogen) atoms. The van der Waals surface area contributed by atoms with Crippen molar-refractivity contribution < 1.29 is 13.2 Å². The van der Waals surface area contributed by atoms with Gasteiger partial charge in [-0.3, -0.25) is 0 Å². The van der Waals surface area contributed by atoms with Crippen LogP contribution in [0.25, 0.3) is 0 Å². The highest BCUT2D eigenvalue weighted by molar-refractivity contribution is 5.32. The summed E-state index contributed by atoms with van der Waals surface area (Å²) in [5.74, 6) is -0.260. The first-order chi connectivity index (χ1) is 10.2. The van der Waals surface area contributed by atoms with Crippen LogP contribution in [0.3, 0.4) is 0 Å². The van der Waals surface area contributed by atoms with E-state index in [2.05, 4.69) is 22.3 Å². The number of benzene rings is 1. The van der Waals surface area contributed by atoms with Crippen molar-refractivity contribution in [3.63, 3.8) is 0 Å². The van der Waals surface area contributed by atoms with Crippen LogP contribution < -0.4 is 4.90 Å². The van der Waals surface area contributed by atoms with Crippen molar-refractivity contribution in [3.05, 3.63) is 41.8 Å². The Bertz CT molecular complexity index is 588. The molecule has 1 aliphatic rings. The molecule has 0 N–H and O–H groups in total. The zero-order chi connectivity index (χ0) is 14.8. The number of rotatable bonds is 4. The van der Waals surface area contributed by atoms with Crippen molar-refractivity contribution in [1.29, 1.82) is 0 Å². The maximum atomic E-state index is 12.5. The molecule has 1 aromatic heterocycles. The highest BCUT2D eigenvalue weighted by atomic mass is 19.3. The monoisotopic (exact) mass is 293 g/mol. The van der Waals surface area contributed by atoms with Gasteiger partial charge >= 0.3 is 12.4 Å². The predicted octanol–water partition coefficient (Wildman–Crippen LogP) is 3.78. The minimum Gasteiger partial charge on any atom is -0.402 e. The first-order valence-corrected chi connectivity index (χ1v) is 7.06. The summed E-state index contributed by atoms with van der Waals surface area (Å²) in [6.45, 7) is 0. The van der Waals surface area contributed by atoms with Gasteiger partial charge in [0.1, 0.15) is 0 Å². The Hall–Kier alpha value is -1.98. The zero-order valence-electron chi connectivity index (χ0n) is 11.7. The molecule has 2 aromatic rings. The second-order valence-corrected chi connectivity index (χ2v) is 5.35. The van der Waals surface area contributed by atoms with Crippen LogP contribution in [0.4, 0.5) is 14.8 Å². The molecule has 0 saturated heterocycles. The molecule has 0 aliphatic heterocycles. The second-order valence-electron chi connectivity index (χ2n) is 5.35. The molecular formula is C15H17F2N3O. The number of hydrogen-bond acceptors (Lipinski definition) is 4. The van der Waals surface area contributed by atoms with E-state index in [4.69, 9.17) is 4.42 Å². The smallest absolute Gasteiger partial charge is 0.318 e. The SMILES string of the molecule is CN(c1nnc(C(F)F)o1)C1CCCC1c1ccccc1. The van der Waals surface area contributed by atoms with Gasteiger partial charge in [-0.15, -0.1) is 5.10 Å². The lowest BCUT2D eigenvalue weighted by Gasteiger charge is -2.28. The number of anilines is 1. The highest BCUT2D eigenvalue weighted by Gasteiger charge is 2.34. The summed E-state index contributed by atoms with van der Waals surface area (Å²) in [6, 6.07) is 10.6. The fraction of sp³-hybridized carbons (Fsp3) is 0.467. The third kappa shape index (κ3) is 2.75. The number of nitrogens with zero attached hydrogens (tertiary/aromatic N) is 3. The zero-order valence-corrected chi connectivity index (χ0v) is 11.7. The Labute approximate surface area is 121 Å². The average Bonchev–Trinajstić information content (AvgIpc) is 3.17. The topological polar surface area (TPSA) is 42.2 Å². The molecule has 112 valence electrons. The molecule has 6 heteroatoms.